The van der Waals surface area contributed by atoms with E-state index in [2.05, 4.69) is 9.71 Å². The molecule has 1 saturated carbocycles. The Bertz CT molecular complexity index is 936. The second-order valence-corrected chi connectivity index (χ2v) is 8.41. The first kappa shape index (κ1) is 21.4. The Kier molecular flexibility index (Phi) is 6.08. The summed E-state index contributed by atoms with van der Waals surface area (Å²) in [6.45, 7) is 0. The summed E-state index contributed by atoms with van der Waals surface area (Å²) >= 11 is 0. The fraction of sp³-hybridized carbons (Fsp3) is 0.389. The van der Waals surface area contributed by atoms with Gasteiger partial charge < -0.3 is 4.74 Å². The highest BCUT2D eigenvalue weighted by Gasteiger charge is 2.31. The van der Waals surface area contributed by atoms with Gasteiger partial charge in [0.15, 0.2) is 0 Å². The van der Waals surface area contributed by atoms with Gasteiger partial charge >= 0.3 is 6.18 Å². The highest BCUT2D eigenvalue weighted by atomic mass is 32.2. The minimum atomic E-state index is -4.48. The maximum absolute atomic E-state index is 13.3. The molecule has 3 rings (SSSR count). The van der Waals surface area contributed by atoms with E-state index in [1.165, 1.54) is 0 Å². The SMILES string of the molecule is O=S(=O)(NC1CCC(Oc2ccc(C(F)(F)F)cn2)CC1)c1cc(F)cc(F)c1. The predicted molar refractivity (Wildman–Crippen MR) is 92.6 cm³/mol. The van der Waals surface area contributed by atoms with Crippen LogP contribution in [0.25, 0.3) is 0 Å². The number of benzene rings is 1. The largest absolute Gasteiger partial charge is 0.474 e. The van der Waals surface area contributed by atoms with Crippen LogP contribution in [0.3, 0.4) is 0 Å². The van der Waals surface area contributed by atoms with Crippen LogP contribution in [0.2, 0.25) is 0 Å². The van der Waals surface area contributed by atoms with Gasteiger partial charge in [0.05, 0.1) is 10.5 Å². The molecule has 11 heteroatoms. The summed E-state index contributed by atoms with van der Waals surface area (Å²) in [5.74, 6) is -1.93. The molecule has 1 aliphatic rings. The fourth-order valence-corrected chi connectivity index (χ4v) is 4.40. The Morgan fingerprint density at radius 1 is 1.00 bits per heavy atom. The molecule has 1 fully saturated rings. The lowest BCUT2D eigenvalue weighted by atomic mass is 9.94. The average molecular weight is 436 g/mol. The van der Waals surface area contributed by atoms with Gasteiger partial charge in [0.25, 0.3) is 0 Å². The maximum atomic E-state index is 13.3. The van der Waals surface area contributed by atoms with E-state index in [4.69, 9.17) is 4.74 Å². The zero-order valence-electron chi connectivity index (χ0n) is 14.9. The number of ether oxygens (including phenoxy) is 1. The maximum Gasteiger partial charge on any atom is 0.417 e. The Morgan fingerprint density at radius 2 is 1.62 bits per heavy atom. The molecule has 29 heavy (non-hydrogen) atoms. The normalized spacial score (nSPS) is 20.4. The molecule has 1 N–H and O–H groups in total. The van der Waals surface area contributed by atoms with Crippen LogP contribution in [0.4, 0.5) is 22.0 Å². The van der Waals surface area contributed by atoms with Crippen LogP contribution in [0, 0.1) is 11.6 Å². The number of nitrogens with one attached hydrogen (secondary N) is 1. The number of hydrogen-bond donors (Lipinski definition) is 1. The number of alkyl halides is 3. The first-order valence-corrected chi connectivity index (χ1v) is 10.2. The lowest BCUT2D eigenvalue weighted by Gasteiger charge is -2.29. The van der Waals surface area contributed by atoms with E-state index in [0.717, 1.165) is 24.3 Å². The molecule has 5 nitrogen and oxygen atoms in total. The molecule has 1 aliphatic carbocycles. The molecule has 0 aliphatic heterocycles. The minimum absolute atomic E-state index is 0.0530. The highest BCUT2D eigenvalue weighted by molar-refractivity contribution is 7.89. The number of halogens is 5. The third-order valence-electron chi connectivity index (χ3n) is 4.49. The van der Waals surface area contributed by atoms with E-state index in [0.29, 0.717) is 37.9 Å². The second kappa shape index (κ2) is 8.23. The molecule has 0 amide bonds. The van der Waals surface area contributed by atoms with Gasteiger partial charge in [-0.25, -0.2) is 26.9 Å². The summed E-state index contributed by atoms with van der Waals surface area (Å²) in [5.41, 5.74) is -0.878. The highest BCUT2D eigenvalue weighted by Crippen LogP contribution is 2.30. The molecule has 0 spiro atoms. The van der Waals surface area contributed by atoms with Gasteiger partial charge in [-0.1, -0.05) is 0 Å². The number of aromatic nitrogens is 1. The first-order chi connectivity index (χ1) is 13.5. The topological polar surface area (TPSA) is 68.3 Å². The summed E-state index contributed by atoms with van der Waals surface area (Å²) in [5, 5.41) is 0. The van der Waals surface area contributed by atoms with Gasteiger partial charge in [0, 0.05) is 24.4 Å². The van der Waals surface area contributed by atoms with E-state index in [1.54, 1.807) is 0 Å². The third kappa shape index (κ3) is 5.63. The number of hydrogen-bond acceptors (Lipinski definition) is 4. The van der Waals surface area contributed by atoms with Crippen LogP contribution < -0.4 is 9.46 Å². The van der Waals surface area contributed by atoms with Gasteiger partial charge in [-0.05, 0) is 43.9 Å². The van der Waals surface area contributed by atoms with E-state index < -0.39 is 44.3 Å². The molecular formula is C18H17F5N2O3S. The first-order valence-electron chi connectivity index (χ1n) is 8.71. The monoisotopic (exact) mass is 436 g/mol. The van der Waals surface area contributed by atoms with Crippen molar-refractivity contribution >= 4 is 10.0 Å². The summed E-state index contributed by atoms with van der Waals surface area (Å²) < 4.78 is 96.8. The third-order valence-corrected chi connectivity index (χ3v) is 5.99. The number of nitrogens with zero attached hydrogens (tertiary/aromatic N) is 1. The molecule has 0 bridgehead atoms. The summed E-state index contributed by atoms with van der Waals surface area (Å²) in [4.78, 5) is 3.15. The van der Waals surface area contributed by atoms with Crippen molar-refractivity contribution in [3.8, 4) is 5.88 Å². The lowest BCUT2D eigenvalue weighted by Crippen LogP contribution is -2.39. The summed E-state index contributed by atoms with van der Waals surface area (Å²) in [6, 6.07) is 3.60. The Labute approximate surface area is 164 Å². The summed E-state index contributed by atoms with van der Waals surface area (Å²) in [7, 11) is -4.09. The zero-order chi connectivity index (χ0) is 21.2. The van der Waals surface area contributed by atoms with Crippen molar-refractivity contribution in [3.05, 3.63) is 53.7 Å². The molecule has 0 saturated heterocycles. The molecule has 0 atom stereocenters. The number of sulfonamides is 1. The van der Waals surface area contributed by atoms with E-state index in [-0.39, 0.29) is 12.0 Å². The molecule has 158 valence electrons. The zero-order valence-corrected chi connectivity index (χ0v) is 15.7. The average Bonchev–Trinajstić information content (AvgIpc) is 2.62. The molecule has 1 heterocycles. The van der Waals surface area contributed by atoms with Gasteiger partial charge in [-0.3, -0.25) is 0 Å². The van der Waals surface area contributed by atoms with Crippen molar-refractivity contribution in [1.29, 1.82) is 0 Å². The smallest absolute Gasteiger partial charge is 0.417 e. The van der Waals surface area contributed by atoms with Crippen LogP contribution in [-0.2, 0) is 16.2 Å². The van der Waals surface area contributed by atoms with Crippen molar-refractivity contribution in [2.45, 2.75) is 48.9 Å². The molecule has 2 aromatic rings. The summed E-state index contributed by atoms with van der Waals surface area (Å²) in [6.07, 6.45) is -2.46. The van der Waals surface area contributed by atoms with Crippen molar-refractivity contribution in [2.75, 3.05) is 0 Å². The van der Waals surface area contributed by atoms with Gasteiger partial charge in [-0.2, -0.15) is 13.2 Å². The van der Waals surface area contributed by atoms with Crippen LogP contribution in [0.5, 0.6) is 5.88 Å². The van der Waals surface area contributed by atoms with Gasteiger partial charge in [-0.15, -0.1) is 0 Å². The Hall–Kier alpha value is -2.27. The molecular weight excluding hydrogens is 419 g/mol. The van der Waals surface area contributed by atoms with Crippen molar-refractivity contribution in [2.24, 2.45) is 0 Å². The van der Waals surface area contributed by atoms with Gasteiger partial charge in [0.1, 0.15) is 17.7 Å². The van der Waals surface area contributed by atoms with Crippen LogP contribution in [0.15, 0.2) is 41.4 Å². The second-order valence-electron chi connectivity index (χ2n) is 6.70. The molecule has 0 unspecified atom stereocenters. The number of pyridine rings is 1. The van der Waals surface area contributed by atoms with E-state index in [9.17, 15) is 30.4 Å². The van der Waals surface area contributed by atoms with E-state index in [1.807, 2.05) is 0 Å². The molecule has 1 aromatic heterocycles. The Balaban J connectivity index is 1.55. The van der Waals surface area contributed by atoms with Crippen LogP contribution in [0.1, 0.15) is 31.2 Å². The quantitative estimate of drug-likeness (QED) is 0.719. The van der Waals surface area contributed by atoms with Crippen molar-refractivity contribution < 1.29 is 35.1 Å². The Morgan fingerprint density at radius 3 is 2.14 bits per heavy atom. The number of rotatable bonds is 5. The minimum Gasteiger partial charge on any atom is -0.474 e. The molecule has 0 radical (unpaired) electrons. The fourth-order valence-electron chi connectivity index (χ4n) is 3.06. The standard InChI is InChI=1S/C18H17F5N2O3S/c19-12-7-13(20)9-16(8-12)29(26,27)25-14-2-4-15(5-3-14)28-17-6-1-11(10-24-17)18(21,22)23/h1,6-10,14-15,25H,2-5H2. The molecule has 1 aromatic carbocycles. The van der Waals surface area contributed by atoms with E-state index >= 15 is 0 Å². The predicted octanol–water partition coefficient (Wildman–Crippen LogP) is 4.05. The van der Waals surface area contributed by atoms with Crippen molar-refractivity contribution in [1.82, 2.24) is 9.71 Å². The van der Waals surface area contributed by atoms with Gasteiger partial charge in [0.2, 0.25) is 15.9 Å². The van der Waals surface area contributed by atoms with Crippen molar-refractivity contribution in [3.63, 3.8) is 0 Å². The van der Waals surface area contributed by atoms with Crippen LogP contribution >= 0.6 is 0 Å². The van der Waals surface area contributed by atoms with Crippen LogP contribution in [-0.4, -0.2) is 25.5 Å². The lowest BCUT2D eigenvalue weighted by molar-refractivity contribution is -0.137.